The number of hydrogen-bond donors (Lipinski definition) is 1. The summed E-state index contributed by atoms with van der Waals surface area (Å²) < 4.78 is 12.7. The van der Waals surface area contributed by atoms with Gasteiger partial charge >= 0.3 is 0 Å². The Morgan fingerprint density at radius 3 is 2.79 bits per heavy atom. The highest BCUT2D eigenvalue weighted by atomic mass is 16.7. The molecule has 34 heavy (non-hydrogen) atoms. The van der Waals surface area contributed by atoms with E-state index in [0.717, 1.165) is 59.5 Å². The van der Waals surface area contributed by atoms with Gasteiger partial charge in [-0.25, -0.2) is 4.68 Å². The van der Waals surface area contributed by atoms with Crippen molar-refractivity contribution in [2.24, 2.45) is 0 Å². The van der Waals surface area contributed by atoms with Gasteiger partial charge in [-0.1, -0.05) is 30.7 Å². The first-order valence-electron chi connectivity index (χ1n) is 11.7. The fourth-order valence-electron chi connectivity index (χ4n) is 5.01. The van der Waals surface area contributed by atoms with Gasteiger partial charge in [0.2, 0.25) is 6.79 Å². The molecule has 0 aliphatic carbocycles. The first kappa shape index (κ1) is 20.9. The summed E-state index contributed by atoms with van der Waals surface area (Å²) in [6.07, 6.45) is 3.37. The van der Waals surface area contributed by atoms with E-state index in [2.05, 4.69) is 25.4 Å². The molecule has 4 aromatic rings. The van der Waals surface area contributed by atoms with E-state index in [0.29, 0.717) is 17.9 Å². The Bertz CT molecular complexity index is 1410. The molecule has 4 heterocycles. The van der Waals surface area contributed by atoms with Gasteiger partial charge in [-0.3, -0.25) is 9.69 Å². The molecule has 1 atom stereocenters. The van der Waals surface area contributed by atoms with Gasteiger partial charge in [0, 0.05) is 5.56 Å². The lowest BCUT2D eigenvalue weighted by molar-refractivity contribution is 0.174. The zero-order valence-electron chi connectivity index (χ0n) is 19.0. The number of ether oxygens (including phenoxy) is 2. The van der Waals surface area contributed by atoms with Crippen LogP contribution in [0.1, 0.15) is 47.8 Å². The molecular weight excluding hydrogens is 432 g/mol. The summed E-state index contributed by atoms with van der Waals surface area (Å²) in [5.74, 6) is 2.13. The molecule has 0 amide bonds. The minimum Gasteiger partial charge on any atom is -0.454 e. The van der Waals surface area contributed by atoms with Crippen molar-refractivity contribution in [2.75, 3.05) is 19.9 Å². The summed E-state index contributed by atoms with van der Waals surface area (Å²) in [5, 5.41) is 13.7. The summed E-state index contributed by atoms with van der Waals surface area (Å²) >= 11 is 0. The highest BCUT2D eigenvalue weighted by Gasteiger charge is 2.31. The number of aromatic nitrogens is 5. The van der Waals surface area contributed by atoms with Crippen molar-refractivity contribution >= 4 is 10.9 Å². The van der Waals surface area contributed by atoms with Gasteiger partial charge in [0.15, 0.2) is 17.3 Å². The van der Waals surface area contributed by atoms with Gasteiger partial charge in [-0.2, -0.15) is 0 Å². The van der Waals surface area contributed by atoms with E-state index in [-0.39, 0.29) is 18.4 Å². The van der Waals surface area contributed by atoms with Gasteiger partial charge in [-0.15, -0.1) is 5.10 Å². The Morgan fingerprint density at radius 1 is 1.06 bits per heavy atom. The number of tetrazole rings is 1. The van der Waals surface area contributed by atoms with Crippen molar-refractivity contribution in [3.05, 3.63) is 75.3 Å². The van der Waals surface area contributed by atoms with Crippen LogP contribution in [0.15, 0.2) is 47.3 Å². The average molecular weight is 459 g/mol. The molecular formula is C25H26N6O3. The number of fused-ring (bicyclic) bond motifs is 2. The number of aryl methyl sites for hydroxylation is 1. The van der Waals surface area contributed by atoms with Gasteiger partial charge in [0.05, 0.1) is 12.1 Å². The van der Waals surface area contributed by atoms with E-state index in [9.17, 15) is 4.79 Å². The second kappa shape index (κ2) is 8.57. The summed E-state index contributed by atoms with van der Waals surface area (Å²) in [7, 11) is 0. The second-order valence-corrected chi connectivity index (χ2v) is 8.97. The van der Waals surface area contributed by atoms with Crippen LogP contribution < -0.4 is 15.0 Å². The number of nitrogens with zero attached hydrogens (tertiary/aromatic N) is 5. The van der Waals surface area contributed by atoms with Gasteiger partial charge < -0.3 is 14.5 Å². The molecule has 1 saturated heterocycles. The predicted octanol–water partition coefficient (Wildman–Crippen LogP) is 3.18. The molecule has 0 spiro atoms. The van der Waals surface area contributed by atoms with Crippen molar-refractivity contribution in [1.29, 1.82) is 0 Å². The van der Waals surface area contributed by atoms with Crippen molar-refractivity contribution < 1.29 is 9.47 Å². The number of benzene rings is 2. The molecule has 0 saturated carbocycles. The fraction of sp³-hybridized carbons (Fsp3) is 0.360. The standard InChI is InChI=1S/C25H26N6O3/c1-16-6-5-7-18-13-19(25(32)26-22(16)18)23(30-10-3-2-4-11-30)24-27-28-29-31(24)14-17-8-9-20-21(12-17)34-15-33-20/h5-9,12-13,23H,2-4,10-11,14-15H2,1H3,(H,26,32)/t23-/m1/s1. The first-order valence-corrected chi connectivity index (χ1v) is 11.7. The zero-order chi connectivity index (χ0) is 23.1. The van der Waals surface area contributed by atoms with Crippen LogP contribution in [-0.2, 0) is 6.54 Å². The number of rotatable bonds is 5. The molecule has 174 valence electrons. The number of nitrogens with one attached hydrogen (secondary N) is 1. The Hall–Kier alpha value is -3.72. The Morgan fingerprint density at radius 2 is 1.91 bits per heavy atom. The number of hydrogen-bond acceptors (Lipinski definition) is 7. The van der Waals surface area contributed by atoms with E-state index in [1.165, 1.54) is 6.42 Å². The molecule has 9 nitrogen and oxygen atoms in total. The number of pyridine rings is 1. The van der Waals surface area contributed by atoms with Crippen LogP contribution >= 0.6 is 0 Å². The second-order valence-electron chi connectivity index (χ2n) is 8.97. The topological polar surface area (TPSA) is 98.2 Å². The van der Waals surface area contributed by atoms with Crippen LogP contribution in [0, 0.1) is 6.92 Å². The van der Waals surface area contributed by atoms with E-state index in [4.69, 9.17) is 9.47 Å². The lowest BCUT2D eigenvalue weighted by Crippen LogP contribution is -2.38. The third-order valence-electron chi connectivity index (χ3n) is 6.74. The monoisotopic (exact) mass is 458 g/mol. The first-order chi connectivity index (χ1) is 16.7. The predicted molar refractivity (Wildman–Crippen MR) is 126 cm³/mol. The van der Waals surface area contributed by atoms with Crippen molar-refractivity contribution in [2.45, 2.75) is 38.8 Å². The van der Waals surface area contributed by atoms with Crippen molar-refractivity contribution in [3.63, 3.8) is 0 Å². The minimum absolute atomic E-state index is 0.102. The van der Waals surface area contributed by atoms with Gasteiger partial charge in [0.25, 0.3) is 5.56 Å². The van der Waals surface area contributed by atoms with Crippen LogP contribution in [0.3, 0.4) is 0 Å². The third kappa shape index (κ3) is 3.71. The molecule has 2 aliphatic heterocycles. The minimum atomic E-state index is -0.335. The van der Waals surface area contributed by atoms with E-state index >= 15 is 0 Å². The largest absolute Gasteiger partial charge is 0.454 e. The van der Waals surface area contributed by atoms with E-state index in [1.54, 1.807) is 4.68 Å². The van der Waals surface area contributed by atoms with Crippen LogP contribution in [0.25, 0.3) is 10.9 Å². The molecule has 2 aliphatic rings. The van der Waals surface area contributed by atoms with Crippen LogP contribution in [0.4, 0.5) is 0 Å². The number of likely N-dealkylation sites (tertiary alicyclic amines) is 1. The normalized spacial score (nSPS) is 16.7. The quantitative estimate of drug-likeness (QED) is 0.490. The lowest BCUT2D eigenvalue weighted by atomic mass is 9.99. The summed E-state index contributed by atoms with van der Waals surface area (Å²) in [4.78, 5) is 18.8. The van der Waals surface area contributed by atoms with E-state index in [1.807, 2.05) is 49.4 Å². The third-order valence-corrected chi connectivity index (χ3v) is 6.74. The van der Waals surface area contributed by atoms with Gasteiger partial charge in [0.1, 0.15) is 6.04 Å². The molecule has 1 N–H and O–H groups in total. The highest BCUT2D eigenvalue weighted by Crippen LogP contribution is 2.34. The maximum atomic E-state index is 13.4. The SMILES string of the molecule is Cc1cccc2cc([C@H](c3nnnn3Cc3ccc4c(c3)OCO4)N3CCCCC3)c(=O)[nH]c12. The van der Waals surface area contributed by atoms with Gasteiger partial charge in [-0.05, 0) is 78.0 Å². The molecule has 6 rings (SSSR count). The molecule has 0 radical (unpaired) electrons. The lowest BCUT2D eigenvalue weighted by Gasteiger charge is -2.33. The van der Waals surface area contributed by atoms with Crippen LogP contribution in [0.5, 0.6) is 11.5 Å². The number of para-hydroxylation sites is 1. The molecule has 2 aromatic carbocycles. The Balaban J connectivity index is 1.43. The molecule has 0 bridgehead atoms. The Labute approximate surface area is 196 Å². The number of piperidine rings is 1. The molecule has 2 aromatic heterocycles. The highest BCUT2D eigenvalue weighted by molar-refractivity contribution is 5.82. The Kier molecular flexibility index (Phi) is 5.26. The maximum Gasteiger partial charge on any atom is 0.253 e. The van der Waals surface area contributed by atoms with Crippen molar-refractivity contribution in [3.8, 4) is 11.5 Å². The summed E-state index contributed by atoms with van der Waals surface area (Å²) in [5.41, 5.74) is 3.48. The van der Waals surface area contributed by atoms with E-state index < -0.39 is 0 Å². The number of aromatic amines is 1. The summed E-state index contributed by atoms with van der Waals surface area (Å²) in [6.45, 7) is 4.50. The summed E-state index contributed by atoms with van der Waals surface area (Å²) in [6, 6.07) is 13.6. The van der Waals surface area contributed by atoms with Crippen molar-refractivity contribution in [1.82, 2.24) is 30.1 Å². The number of H-pyrrole nitrogens is 1. The zero-order valence-corrected chi connectivity index (χ0v) is 19.0. The van der Waals surface area contributed by atoms with Crippen LogP contribution in [-0.4, -0.2) is 50.0 Å². The smallest absolute Gasteiger partial charge is 0.253 e. The molecule has 1 fully saturated rings. The molecule has 9 heteroatoms. The maximum absolute atomic E-state index is 13.4. The average Bonchev–Trinajstić information content (AvgIpc) is 3.50. The fourth-order valence-corrected chi connectivity index (χ4v) is 5.01. The van der Waals surface area contributed by atoms with Crippen LogP contribution in [0.2, 0.25) is 0 Å². The molecule has 0 unspecified atom stereocenters.